The zero-order valence-corrected chi connectivity index (χ0v) is 19.3. The zero-order valence-electron chi connectivity index (χ0n) is 18.5. The number of nitrogens with zero attached hydrogens (tertiary/aromatic N) is 5. The number of thiazole rings is 1. The molecule has 1 atom stereocenters. The van der Waals surface area contributed by atoms with Crippen LogP contribution in [0.25, 0.3) is 4.96 Å². The van der Waals surface area contributed by atoms with Crippen LogP contribution >= 0.6 is 11.3 Å². The van der Waals surface area contributed by atoms with Crippen LogP contribution in [0, 0.1) is 0 Å². The molecule has 0 saturated carbocycles. The van der Waals surface area contributed by atoms with E-state index in [0.717, 1.165) is 16.2 Å². The third kappa shape index (κ3) is 3.96. The standard InChI is InChI=1S/C23H25N5O4S/c1-3-18-24-23-28(25-18)22(30)20(33-23)19(15-6-4-7-16(14-15)31-2)26-9-11-27(12-10-26)21(29)17-8-5-13-32-17/h4-8,13-14,19,30H,3,9-12H2,1-2H3/t19-/m1/s1. The van der Waals surface area contributed by atoms with Crippen molar-refractivity contribution in [2.24, 2.45) is 0 Å². The normalized spacial score (nSPS) is 15.8. The molecule has 33 heavy (non-hydrogen) atoms. The van der Waals surface area contributed by atoms with E-state index in [1.807, 2.05) is 31.2 Å². The predicted molar refractivity (Wildman–Crippen MR) is 123 cm³/mol. The first-order valence-corrected chi connectivity index (χ1v) is 11.7. The van der Waals surface area contributed by atoms with Gasteiger partial charge in [0, 0.05) is 32.6 Å². The molecule has 0 unspecified atom stereocenters. The summed E-state index contributed by atoms with van der Waals surface area (Å²) in [6.45, 7) is 4.38. The van der Waals surface area contributed by atoms with Gasteiger partial charge < -0.3 is 19.2 Å². The Morgan fingerprint density at radius 1 is 1.24 bits per heavy atom. The highest BCUT2D eigenvalue weighted by atomic mass is 32.1. The van der Waals surface area contributed by atoms with Crippen LogP contribution in [-0.4, -0.2) is 68.7 Å². The van der Waals surface area contributed by atoms with Crippen molar-refractivity contribution in [3.8, 4) is 11.6 Å². The topological polar surface area (TPSA) is 96.3 Å². The number of carbonyl (C=O) groups excluding carboxylic acids is 1. The maximum Gasteiger partial charge on any atom is 0.289 e. The molecule has 1 aliphatic heterocycles. The number of furan rings is 1. The van der Waals surface area contributed by atoms with Gasteiger partial charge in [-0.15, -0.1) is 5.10 Å². The molecule has 1 saturated heterocycles. The monoisotopic (exact) mass is 467 g/mol. The minimum absolute atomic E-state index is 0.101. The number of hydrogen-bond donors (Lipinski definition) is 1. The largest absolute Gasteiger partial charge is 0.497 e. The van der Waals surface area contributed by atoms with Crippen LogP contribution in [0.1, 0.15) is 39.8 Å². The maximum absolute atomic E-state index is 12.7. The zero-order chi connectivity index (χ0) is 22.9. The van der Waals surface area contributed by atoms with Crippen LogP contribution in [0.2, 0.25) is 0 Å². The molecule has 1 aromatic carbocycles. The van der Waals surface area contributed by atoms with Gasteiger partial charge in [0.2, 0.25) is 10.8 Å². The number of benzene rings is 1. The first-order valence-electron chi connectivity index (χ1n) is 10.9. The fraction of sp³-hybridized carbons (Fsp3) is 0.348. The predicted octanol–water partition coefficient (Wildman–Crippen LogP) is 3.21. The van der Waals surface area contributed by atoms with Gasteiger partial charge in [0.15, 0.2) is 11.6 Å². The van der Waals surface area contributed by atoms with Gasteiger partial charge in [-0.05, 0) is 29.8 Å². The SMILES string of the molecule is CCc1nc2sc([C@@H](c3cccc(OC)c3)N3CCN(C(=O)c4ccco4)CC3)c(O)n2n1. The van der Waals surface area contributed by atoms with E-state index in [9.17, 15) is 9.90 Å². The molecule has 0 radical (unpaired) electrons. The summed E-state index contributed by atoms with van der Waals surface area (Å²) in [6.07, 6.45) is 2.21. The molecule has 4 aromatic rings. The van der Waals surface area contributed by atoms with Gasteiger partial charge in [-0.25, -0.2) is 4.98 Å². The number of piperazine rings is 1. The molecule has 9 nitrogen and oxygen atoms in total. The molecule has 0 bridgehead atoms. The van der Waals surface area contributed by atoms with E-state index in [1.54, 1.807) is 24.1 Å². The smallest absolute Gasteiger partial charge is 0.289 e. The Morgan fingerprint density at radius 3 is 2.73 bits per heavy atom. The fourth-order valence-electron chi connectivity index (χ4n) is 4.20. The van der Waals surface area contributed by atoms with Gasteiger partial charge >= 0.3 is 0 Å². The Labute approximate surface area is 194 Å². The van der Waals surface area contributed by atoms with Gasteiger partial charge in [-0.1, -0.05) is 30.4 Å². The summed E-state index contributed by atoms with van der Waals surface area (Å²) in [6, 6.07) is 11.0. The van der Waals surface area contributed by atoms with Gasteiger partial charge in [0.25, 0.3) is 5.91 Å². The Bertz CT molecular complexity index is 1260. The summed E-state index contributed by atoms with van der Waals surface area (Å²) in [5, 5.41) is 15.5. The van der Waals surface area contributed by atoms with Crippen molar-refractivity contribution >= 4 is 22.2 Å². The lowest BCUT2D eigenvalue weighted by atomic mass is 10.0. The molecule has 5 rings (SSSR count). The molecule has 0 aliphatic carbocycles. The van der Waals surface area contributed by atoms with Crippen molar-refractivity contribution in [1.29, 1.82) is 0 Å². The van der Waals surface area contributed by atoms with E-state index < -0.39 is 0 Å². The second-order valence-corrected chi connectivity index (χ2v) is 8.86. The molecule has 172 valence electrons. The van der Waals surface area contributed by atoms with Gasteiger partial charge in [0.1, 0.15) is 5.75 Å². The molecular weight excluding hydrogens is 442 g/mol. The van der Waals surface area contributed by atoms with E-state index in [2.05, 4.69) is 15.0 Å². The lowest BCUT2D eigenvalue weighted by Gasteiger charge is -2.38. The third-order valence-corrected chi connectivity index (χ3v) is 6.99. The van der Waals surface area contributed by atoms with E-state index in [1.165, 1.54) is 22.1 Å². The average Bonchev–Trinajstić information content (AvgIpc) is 3.59. The lowest BCUT2D eigenvalue weighted by molar-refractivity contribution is 0.0567. The fourth-order valence-corrected chi connectivity index (χ4v) is 5.33. The highest BCUT2D eigenvalue weighted by Gasteiger charge is 2.33. The van der Waals surface area contributed by atoms with Crippen molar-refractivity contribution in [3.05, 3.63) is 64.7 Å². The molecule has 4 heterocycles. The number of aromatic nitrogens is 3. The van der Waals surface area contributed by atoms with Crippen molar-refractivity contribution in [3.63, 3.8) is 0 Å². The quantitative estimate of drug-likeness (QED) is 0.465. The summed E-state index contributed by atoms with van der Waals surface area (Å²) in [7, 11) is 1.64. The van der Waals surface area contributed by atoms with E-state index in [4.69, 9.17) is 9.15 Å². The van der Waals surface area contributed by atoms with E-state index in [0.29, 0.717) is 49.1 Å². The highest BCUT2D eigenvalue weighted by Crippen LogP contribution is 2.41. The lowest BCUT2D eigenvalue weighted by Crippen LogP contribution is -2.49. The molecule has 1 amide bonds. The van der Waals surface area contributed by atoms with Gasteiger partial charge in [-0.3, -0.25) is 9.69 Å². The summed E-state index contributed by atoms with van der Waals surface area (Å²) >= 11 is 1.44. The maximum atomic E-state index is 12.7. The van der Waals surface area contributed by atoms with Crippen LogP contribution in [0.4, 0.5) is 0 Å². The van der Waals surface area contributed by atoms with Crippen LogP contribution in [0.5, 0.6) is 11.6 Å². The number of fused-ring (bicyclic) bond motifs is 1. The summed E-state index contributed by atoms with van der Waals surface area (Å²) in [5.41, 5.74) is 0.996. The number of carbonyl (C=O) groups is 1. The molecule has 1 aliphatic rings. The molecular formula is C23H25N5O4S. The van der Waals surface area contributed by atoms with Crippen LogP contribution in [-0.2, 0) is 6.42 Å². The van der Waals surface area contributed by atoms with Gasteiger partial charge in [-0.2, -0.15) is 4.52 Å². The summed E-state index contributed by atoms with van der Waals surface area (Å²) < 4.78 is 12.2. The first-order chi connectivity index (χ1) is 16.1. The number of aryl methyl sites for hydroxylation is 1. The number of rotatable bonds is 6. The summed E-state index contributed by atoms with van der Waals surface area (Å²) in [4.78, 5) is 22.7. The number of amides is 1. The number of methoxy groups -OCH3 is 1. The van der Waals surface area contributed by atoms with Crippen molar-refractivity contribution in [2.45, 2.75) is 19.4 Å². The molecule has 10 heteroatoms. The first kappa shape index (κ1) is 21.5. The second-order valence-electron chi connectivity index (χ2n) is 7.85. The second kappa shape index (κ2) is 8.87. The number of ether oxygens (including phenoxy) is 1. The van der Waals surface area contributed by atoms with Crippen LogP contribution in [0.3, 0.4) is 0 Å². The summed E-state index contributed by atoms with van der Waals surface area (Å²) in [5.74, 6) is 1.79. The highest BCUT2D eigenvalue weighted by molar-refractivity contribution is 7.17. The Balaban J connectivity index is 1.47. The van der Waals surface area contributed by atoms with Crippen molar-refractivity contribution < 1.29 is 19.1 Å². The molecule has 1 N–H and O–H groups in total. The average molecular weight is 468 g/mol. The van der Waals surface area contributed by atoms with Crippen LogP contribution < -0.4 is 4.74 Å². The van der Waals surface area contributed by atoms with Crippen molar-refractivity contribution in [2.75, 3.05) is 33.3 Å². The van der Waals surface area contributed by atoms with Gasteiger partial charge in [0.05, 0.1) is 24.3 Å². The Hall–Kier alpha value is -3.37. The molecule has 1 fully saturated rings. The minimum Gasteiger partial charge on any atom is -0.497 e. The van der Waals surface area contributed by atoms with E-state index in [-0.39, 0.29) is 17.8 Å². The number of hydrogen-bond acceptors (Lipinski definition) is 8. The van der Waals surface area contributed by atoms with E-state index >= 15 is 0 Å². The Kier molecular flexibility index (Phi) is 5.77. The number of aromatic hydroxyl groups is 1. The Morgan fingerprint density at radius 2 is 2.06 bits per heavy atom. The minimum atomic E-state index is -0.223. The molecule has 3 aromatic heterocycles. The van der Waals surface area contributed by atoms with Crippen LogP contribution in [0.15, 0.2) is 47.1 Å². The van der Waals surface area contributed by atoms with Crippen molar-refractivity contribution in [1.82, 2.24) is 24.4 Å². The molecule has 0 spiro atoms. The third-order valence-electron chi connectivity index (χ3n) is 5.92.